The Morgan fingerprint density at radius 3 is 2.28 bits per heavy atom. The molecule has 0 saturated heterocycles. The molecule has 6 nitrogen and oxygen atoms in total. The standard InChI is InChI=1S/C19H22N2O4/c1-4-25-17-11-15(18(22)21(2)3)9-10-16(17)20-12-13-5-7-14(8-6-13)19(23)24/h5-11,20H,4,12H2,1-3H3,(H,23,24). The fraction of sp³-hybridized carbons (Fsp3) is 0.263. The number of ether oxygens (including phenoxy) is 1. The number of amides is 1. The van der Waals surface area contributed by atoms with Crippen LogP contribution in [0.15, 0.2) is 42.5 Å². The highest BCUT2D eigenvalue weighted by Gasteiger charge is 2.12. The predicted octanol–water partition coefficient (Wildman–Crippen LogP) is 3.10. The molecular formula is C19H22N2O4. The Bertz CT molecular complexity index is 755. The summed E-state index contributed by atoms with van der Waals surface area (Å²) >= 11 is 0. The summed E-state index contributed by atoms with van der Waals surface area (Å²) in [6.45, 7) is 2.89. The molecule has 0 saturated carbocycles. The molecule has 0 aliphatic carbocycles. The van der Waals surface area contributed by atoms with E-state index >= 15 is 0 Å². The number of carboxylic acid groups (broad SMARTS) is 1. The van der Waals surface area contributed by atoms with Crippen molar-refractivity contribution >= 4 is 17.6 Å². The van der Waals surface area contributed by atoms with Crippen LogP contribution in [0.4, 0.5) is 5.69 Å². The van der Waals surface area contributed by atoms with Gasteiger partial charge < -0.3 is 20.1 Å². The summed E-state index contributed by atoms with van der Waals surface area (Å²) in [7, 11) is 3.41. The Labute approximate surface area is 147 Å². The van der Waals surface area contributed by atoms with E-state index in [1.165, 1.54) is 4.90 Å². The lowest BCUT2D eigenvalue weighted by Crippen LogP contribution is -2.21. The van der Waals surface area contributed by atoms with Crippen molar-refractivity contribution < 1.29 is 19.4 Å². The second-order valence-electron chi connectivity index (χ2n) is 5.70. The molecule has 25 heavy (non-hydrogen) atoms. The second-order valence-corrected chi connectivity index (χ2v) is 5.70. The number of hydrogen-bond acceptors (Lipinski definition) is 4. The highest BCUT2D eigenvalue weighted by atomic mass is 16.5. The summed E-state index contributed by atoms with van der Waals surface area (Å²) in [5.41, 5.74) is 2.54. The third-order valence-electron chi connectivity index (χ3n) is 3.62. The van der Waals surface area contributed by atoms with Gasteiger partial charge in [0.15, 0.2) is 0 Å². The second kappa shape index (κ2) is 8.19. The number of rotatable bonds is 7. The molecule has 0 aromatic heterocycles. The van der Waals surface area contributed by atoms with Gasteiger partial charge in [0.1, 0.15) is 5.75 Å². The first kappa shape index (κ1) is 18.3. The number of hydrogen-bond donors (Lipinski definition) is 2. The van der Waals surface area contributed by atoms with Crippen LogP contribution in [-0.4, -0.2) is 42.6 Å². The zero-order chi connectivity index (χ0) is 18.4. The highest BCUT2D eigenvalue weighted by Crippen LogP contribution is 2.27. The number of nitrogens with zero attached hydrogens (tertiary/aromatic N) is 1. The normalized spacial score (nSPS) is 10.2. The Kier molecular flexibility index (Phi) is 6.00. The van der Waals surface area contributed by atoms with Gasteiger partial charge in [0.25, 0.3) is 5.91 Å². The van der Waals surface area contributed by atoms with E-state index in [-0.39, 0.29) is 11.5 Å². The van der Waals surface area contributed by atoms with Crippen LogP contribution in [-0.2, 0) is 6.54 Å². The molecule has 0 aliphatic heterocycles. The van der Waals surface area contributed by atoms with E-state index in [1.54, 1.807) is 50.5 Å². The zero-order valence-corrected chi connectivity index (χ0v) is 14.6. The summed E-state index contributed by atoms with van der Waals surface area (Å²) in [6.07, 6.45) is 0. The summed E-state index contributed by atoms with van der Waals surface area (Å²) in [6, 6.07) is 12.0. The number of anilines is 1. The third-order valence-corrected chi connectivity index (χ3v) is 3.62. The fourth-order valence-electron chi connectivity index (χ4n) is 2.30. The molecule has 1 amide bonds. The largest absolute Gasteiger partial charge is 0.492 e. The van der Waals surface area contributed by atoms with Crippen LogP contribution in [0.5, 0.6) is 5.75 Å². The molecule has 0 fully saturated rings. The molecule has 2 rings (SSSR count). The van der Waals surface area contributed by atoms with E-state index in [4.69, 9.17) is 9.84 Å². The van der Waals surface area contributed by atoms with Crippen LogP contribution >= 0.6 is 0 Å². The van der Waals surface area contributed by atoms with E-state index in [2.05, 4.69) is 5.32 Å². The van der Waals surface area contributed by atoms with Crippen LogP contribution in [0.1, 0.15) is 33.2 Å². The average Bonchev–Trinajstić information content (AvgIpc) is 2.60. The summed E-state index contributed by atoms with van der Waals surface area (Å²) in [4.78, 5) is 24.5. The molecule has 0 aliphatic rings. The topological polar surface area (TPSA) is 78.9 Å². The van der Waals surface area contributed by atoms with Gasteiger partial charge in [-0.2, -0.15) is 0 Å². The number of nitrogens with one attached hydrogen (secondary N) is 1. The molecule has 0 bridgehead atoms. The van der Waals surface area contributed by atoms with Crippen molar-refractivity contribution in [1.29, 1.82) is 0 Å². The van der Waals surface area contributed by atoms with Gasteiger partial charge in [-0.1, -0.05) is 12.1 Å². The van der Waals surface area contributed by atoms with E-state index < -0.39 is 5.97 Å². The van der Waals surface area contributed by atoms with E-state index in [0.29, 0.717) is 24.5 Å². The van der Waals surface area contributed by atoms with Gasteiger partial charge in [-0.15, -0.1) is 0 Å². The maximum absolute atomic E-state index is 12.1. The first-order valence-corrected chi connectivity index (χ1v) is 7.97. The number of carbonyl (C=O) groups is 2. The molecule has 0 unspecified atom stereocenters. The number of carbonyl (C=O) groups excluding carboxylic acids is 1. The molecule has 2 N–H and O–H groups in total. The molecule has 0 radical (unpaired) electrons. The Morgan fingerprint density at radius 2 is 1.72 bits per heavy atom. The van der Waals surface area contributed by atoms with Crippen molar-refractivity contribution in [2.24, 2.45) is 0 Å². The van der Waals surface area contributed by atoms with Gasteiger partial charge in [-0.05, 0) is 42.8 Å². The minimum Gasteiger partial charge on any atom is -0.492 e. The van der Waals surface area contributed by atoms with Gasteiger partial charge in [-0.3, -0.25) is 4.79 Å². The molecule has 132 valence electrons. The number of benzene rings is 2. The molecule has 0 spiro atoms. The first-order valence-electron chi connectivity index (χ1n) is 7.97. The van der Waals surface area contributed by atoms with Gasteiger partial charge in [0.2, 0.25) is 0 Å². The van der Waals surface area contributed by atoms with Gasteiger partial charge in [0.05, 0.1) is 17.9 Å². The molecule has 0 heterocycles. The number of carboxylic acids is 1. The van der Waals surface area contributed by atoms with Gasteiger partial charge in [0, 0.05) is 26.2 Å². The van der Waals surface area contributed by atoms with Crippen molar-refractivity contribution in [3.63, 3.8) is 0 Å². The third kappa shape index (κ3) is 4.73. The smallest absolute Gasteiger partial charge is 0.335 e. The Balaban J connectivity index is 2.15. The van der Waals surface area contributed by atoms with Crippen LogP contribution < -0.4 is 10.1 Å². The van der Waals surface area contributed by atoms with Crippen LogP contribution in [0, 0.1) is 0 Å². The molecular weight excluding hydrogens is 320 g/mol. The molecule has 2 aromatic carbocycles. The summed E-state index contributed by atoms with van der Waals surface area (Å²) < 4.78 is 5.64. The SMILES string of the molecule is CCOc1cc(C(=O)N(C)C)ccc1NCc1ccc(C(=O)O)cc1. The van der Waals surface area contributed by atoms with Crippen LogP contribution in [0.25, 0.3) is 0 Å². The Hall–Kier alpha value is -3.02. The predicted molar refractivity (Wildman–Crippen MR) is 96.4 cm³/mol. The molecule has 0 atom stereocenters. The highest BCUT2D eigenvalue weighted by molar-refractivity contribution is 5.95. The summed E-state index contributed by atoms with van der Waals surface area (Å²) in [5.74, 6) is -0.423. The zero-order valence-electron chi connectivity index (χ0n) is 14.6. The van der Waals surface area contributed by atoms with Crippen LogP contribution in [0.2, 0.25) is 0 Å². The monoisotopic (exact) mass is 342 g/mol. The van der Waals surface area contributed by atoms with E-state index in [0.717, 1.165) is 11.3 Å². The van der Waals surface area contributed by atoms with Crippen molar-refractivity contribution in [1.82, 2.24) is 4.90 Å². The van der Waals surface area contributed by atoms with Gasteiger partial charge in [-0.25, -0.2) is 4.79 Å². The molecule has 6 heteroatoms. The lowest BCUT2D eigenvalue weighted by Gasteiger charge is -2.16. The Morgan fingerprint density at radius 1 is 1.08 bits per heavy atom. The van der Waals surface area contributed by atoms with Crippen molar-refractivity contribution in [3.8, 4) is 5.75 Å². The van der Waals surface area contributed by atoms with Crippen LogP contribution in [0.3, 0.4) is 0 Å². The quantitative estimate of drug-likeness (QED) is 0.808. The summed E-state index contributed by atoms with van der Waals surface area (Å²) in [5, 5.41) is 12.2. The van der Waals surface area contributed by atoms with Crippen molar-refractivity contribution in [2.75, 3.05) is 26.0 Å². The lowest BCUT2D eigenvalue weighted by atomic mass is 10.1. The van der Waals surface area contributed by atoms with Gasteiger partial charge >= 0.3 is 5.97 Å². The average molecular weight is 342 g/mol. The maximum Gasteiger partial charge on any atom is 0.335 e. The van der Waals surface area contributed by atoms with Crippen molar-refractivity contribution in [2.45, 2.75) is 13.5 Å². The maximum atomic E-state index is 12.1. The lowest BCUT2D eigenvalue weighted by molar-refractivity contribution is 0.0696. The van der Waals surface area contributed by atoms with Crippen molar-refractivity contribution in [3.05, 3.63) is 59.2 Å². The van der Waals surface area contributed by atoms with E-state index in [9.17, 15) is 9.59 Å². The minimum atomic E-state index is -0.945. The minimum absolute atomic E-state index is 0.0863. The fourth-order valence-corrected chi connectivity index (χ4v) is 2.30. The van der Waals surface area contributed by atoms with E-state index in [1.807, 2.05) is 13.0 Å². The first-order chi connectivity index (χ1) is 11.9. The number of aromatic carboxylic acids is 1. The molecule has 2 aromatic rings.